The summed E-state index contributed by atoms with van der Waals surface area (Å²) in [7, 11) is 0. The molecular formula is C23H28ClN5O4. The van der Waals surface area contributed by atoms with Crippen LogP contribution >= 0.6 is 11.6 Å². The Balaban J connectivity index is 1.60. The first-order valence-electron chi connectivity index (χ1n) is 11.0. The summed E-state index contributed by atoms with van der Waals surface area (Å²) in [5.74, 6) is -0.658. The molecule has 0 aliphatic carbocycles. The molecule has 2 aromatic heterocycles. The standard InChI is InChI=1S/C23H28ClN5O4/c1-3-4-13-33-23(32)29-11-9-16(10-12-29)21(30)27-18-7-5-15(2)26-20(18)22(31)28-19-8-6-17(24)14-25-19/h5-8,14,16H,3-4,9-13H2,1-2H3,(H,27,30)(H,25,28,31). The van der Waals surface area contributed by atoms with E-state index in [1.54, 1.807) is 36.1 Å². The Morgan fingerprint density at radius 3 is 2.58 bits per heavy atom. The number of rotatable bonds is 7. The lowest BCUT2D eigenvalue weighted by Gasteiger charge is -2.30. The van der Waals surface area contributed by atoms with Gasteiger partial charge in [0.15, 0.2) is 5.69 Å². The third-order valence-corrected chi connectivity index (χ3v) is 5.55. The van der Waals surface area contributed by atoms with Crippen molar-refractivity contribution in [2.45, 2.75) is 39.5 Å². The SMILES string of the molecule is CCCCOC(=O)N1CCC(C(=O)Nc2ccc(C)nc2C(=O)Nc2ccc(Cl)cn2)CC1. The number of likely N-dealkylation sites (tertiary alicyclic amines) is 1. The molecule has 176 valence electrons. The van der Waals surface area contributed by atoms with Gasteiger partial charge in [-0.25, -0.2) is 14.8 Å². The first-order chi connectivity index (χ1) is 15.9. The molecule has 10 heteroatoms. The molecule has 1 saturated heterocycles. The molecule has 3 heterocycles. The number of aromatic nitrogens is 2. The number of anilines is 2. The van der Waals surface area contributed by atoms with Crippen LogP contribution in [0, 0.1) is 12.8 Å². The monoisotopic (exact) mass is 473 g/mol. The minimum atomic E-state index is -0.492. The van der Waals surface area contributed by atoms with Crippen LogP contribution in [0.3, 0.4) is 0 Å². The number of aryl methyl sites for hydroxylation is 1. The molecule has 0 unspecified atom stereocenters. The van der Waals surface area contributed by atoms with E-state index in [1.807, 2.05) is 6.92 Å². The van der Waals surface area contributed by atoms with Crippen LogP contribution in [-0.4, -0.2) is 52.5 Å². The maximum absolute atomic E-state index is 12.9. The molecule has 3 rings (SSSR count). The van der Waals surface area contributed by atoms with Gasteiger partial charge in [-0.1, -0.05) is 24.9 Å². The maximum Gasteiger partial charge on any atom is 0.409 e. The second-order valence-electron chi connectivity index (χ2n) is 7.88. The number of piperidine rings is 1. The van der Waals surface area contributed by atoms with Gasteiger partial charge in [-0.3, -0.25) is 9.59 Å². The number of pyridine rings is 2. The molecule has 2 N–H and O–H groups in total. The number of nitrogens with zero attached hydrogens (tertiary/aromatic N) is 3. The van der Waals surface area contributed by atoms with Gasteiger partial charge >= 0.3 is 6.09 Å². The number of ether oxygens (including phenoxy) is 1. The zero-order valence-corrected chi connectivity index (χ0v) is 19.5. The van der Waals surface area contributed by atoms with Crippen molar-refractivity contribution >= 4 is 41.0 Å². The third kappa shape index (κ3) is 6.89. The van der Waals surface area contributed by atoms with Gasteiger partial charge in [-0.2, -0.15) is 0 Å². The Morgan fingerprint density at radius 2 is 1.91 bits per heavy atom. The fraction of sp³-hybridized carbons (Fsp3) is 0.435. The largest absolute Gasteiger partial charge is 0.449 e. The Kier molecular flexibility index (Phi) is 8.59. The number of unbranched alkanes of at least 4 members (excludes halogenated alkanes) is 1. The van der Waals surface area contributed by atoms with E-state index in [4.69, 9.17) is 16.3 Å². The van der Waals surface area contributed by atoms with Crippen LogP contribution in [0.25, 0.3) is 0 Å². The Bertz CT molecular complexity index is 991. The van der Waals surface area contributed by atoms with Gasteiger partial charge in [0.2, 0.25) is 5.91 Å². The molecule has 0 saturated carbocycles. The van der Waals surface area contributed by atoms with E-state index in [2.05, 4.69) is 20.6 Å². The predicted molar refractivity (Wildman–Crippen MR) is 125 cm³/mol. The molecule has 2 aromatic rings. The highest BCUT2D eigenvalue weighted by Gasteiger charge is 2.29. The summed E-state index contributed by atoms with van der Waals surface area (Å²) in [5, 5.41) is 5.95. The van der Waals surface area contributed by atoms with Crippen molar-refractivity contribution in [2.24, 2.45) is 5.92 Å². The highest BCUT2D eigenvalue weighted by atomic mass is 35.5. The van der Waals surface area contributed by atoms with Crippen LogP contribution in [0.5, 0.6) is 0 Å². The van der Waals surface area contributed by atoms with Crippen LogP contribution in [-0.2, 0) is 9.53 Å². The van der Waals surface area contributed by atoms with E-state index >= 15 is 0 Å². The van der Waals surface area contributed by atoms with E-state index in [0.29, 0.717) is 54.8 Å². The Labute approximate surface area is 197 Å². The summed E-state index contributed by atoms with van der Waals surface area (Å²) in [5.41, 5.74) is 1.05. The van der Waals surface area contributed by atoms with Crippen molar-refractivity contribution in [3.05, 3.63) is 46.9 Å². The van der Waals surface area contributed by atoms with Crippen LogP contribution in [0.2, 0.25) is 5.02 Å². The number of hydrogen-bond donors (Lipinski definition) is 2. The van der Waals surface area contributed by atoms with Crippen molar-refractivity contribution in [3.8, 4) is 0 Å². The number of carbonyl (C=O) groups is 3. The fourth-order valence-electron chi connectivity index (χ4n) is 3.41. The minimum Gasteiger partial charge on any atom is -0.449 e. The summed E-state index contributed by atoms with van der Waals surface area (Å²) in [4.78, 5) is 47.8. The smallest absolute Gasteiger partial charge is 0.409 e. The predicted octanol–water partition coefficient (Wildman–Crippen LogP) is 4.28. The molecule has 1 aliphatic heterocycles. The van der Waals surface area contributed by atoms with Gasteiger partial charge in [-0.15, -0.1) is 0 Å². The lowest BCUT2D eigenvalue weighted by Crippen LogP contribution is -2.41. The number of nitrogens with one attached hydrogen (secondary N) is 2. The van der Waals surface area contributed by atoms with Gasteiger partial charge in [0.1, 0.15) is 5.82 Å². The van der Waals surface area contributed by atoms with E-state index in [1.165, 1.54) is 6.20 Å². The summed E-state index contributed by atoms with van der Waals surface area (Å²) in [6, 6.07) is 6.57. The van der Waals surface area contributed by atoms with Gasteiger partial charge in [0, 0.05) is 30.9 Å². The van der Waals surface area contributed by atoms with E-state index in [9.17, 15) is 14.4 Å². The zero-order chi connectivity index (χ0) is 23.8. The first kappa shape index (κ1) is 24.4. The molecule has 33 heavy (non-hydrogen) atoms. The van der Waals surface area contributed by atoms with E-state index < -0.39 is 5.91 Å². The zero-order valence-electron chi connectivity index (χ0n) is 18.8. The summed E-state index contributed by atoms with van der Waals surface area (Å²) >= 11 is 5.83. The Hall–Kier alpha value is -3.20. The van der Waals surface area contributed by atoms with Crippen molar-refractivity contribution < 1.29 is 19.1 Å². The van der Waals surface area contributed by atoms with Gasteiger partial charge in [0.05, 0.1) is 17.3 Å². The van der Waals surface area contributed by atoms with Gasteiger partial charge in [-0.05, 0) is 50.5 Å². The molecular weight excluding hydrogens is 446 g/mol. The minimum absolute atomic E-state index is 0.0945. The molecule has 0 atom stereocenters. The van der Waals surface area contributed by atoms with Crippen molar-refractivity contribution in [2.75, 3.05) is 30.3 Å². The topological polar surface area (TPSA) is 114 Å². The van der Waals surface area contributed by atoms with E-state index in [0.717, 1.165) is 12.8 Å². The lowest BCUT2D eigenvalue weighted by molar-refractivity contribution is -0.121. The molecule has 1 fully saturated rings. The average Bonchev–Trinajstić information content (AvgIpc) is 2.81. The number of hydrogen-bond acceptors (Lipinski definition) is 6. The van der Waals surface area contributed by atoms with Crippen molar-refractivity contribution in [1.82, 2.24) is 14.9 Å². The third-order valence-electron chi connectivity index (χ3n) is 5.32. The van der Waals surface area contributed by atoms with Gasteiger partial charge < -0.3 is 20.3 Å². The average molecular weight is 474 g/mol. The molecule has 3 amide bonds. The molecule has 0 spiro atoms. The van der Waals surface area contributed by atoms with Crippen LogP contribution in [0.1, 0.15) is 48.8 Å². The van der Waals surface area contributed by atoms with Crippen LogP contribution < -0.4 is 10.6 Å². The normalized spacial score (nSPS) is 14.0. The highest BCUT2D eigenvalue weighted by molar-refractivity contribution is 6.30. The molecule has 0 bridgehead atoms. The van der Waals surface area contributed by atoms with Crippen LogP contribution in [0.15, 0.2) is 30.5 Å². The quantitative estimate of drug-likeness (QED) is 0.580. The first-order valence-corrected chi connectivity index (χ1v) is 11.4. The Morgan fingerprint density at radius 1 is 1.15 bits per heavy atom. The van der Waals surface area contributed by atoms with Crippen LogP contribution in [0.4, 0.5) is 16.3 Å². The number of carbonyl (C=O) groups excluding carboxylic acids is 3. The highest BCUT2D eigenvalue weighted by Crippen LogP contribution is 2.22. The second kappa shape index (κ2) is 11.6. The van der Waals surface area contributed by atoms with Crippen molar-refractivity contribution in [1.29, 1.82) is 0 Å². The molecule has 1 aliphatic rings. The number of halogens is 1. The fourth-order valence-corrected chi connectivity index (χ4v) is 3.52. The summed E-state index contributed by atoms with van der Waals surface area (Å²) in [6.45, 7) is 5.10. The summed E-state index contributed by atoms with van der Waals surface area (Å²) in [6.07, 6.45) is 3.92. The van der Waals surface area contributed by atoms with E-state index in [-0.39, 0.29) is 23.6 Å². The lowest BCUT2D eigenvalue weighted by atomic mass is 9.96. The molecule has 0 aromatic carbocycles. The molecule has 9 nitrogen and oxygen atoms in total. The van der Waals surface area contributed by atoms with Gasteiger partial charge in [0.25, 0.3) is 5.91 Å². The molecule has 0 radical (unpaired) electrons. The maximum atomic E-state index is 12.9. The summed E-state index contributed by atoms with van der Waals surface area (Å²) < 4.78 is 5.24. The second-order valence-corrected chi connectivity index (χ2v) is 8.32. The van der Waals surface area contributed by atoms with Crippen molar-refractivity contribution in [3.63, 3.8) is 0 Å². The number of amides is 3.